The second-order valence-electron chi connectivity index (χ2n) is 5.02. The van der Waals surface area contributed by atoms with E-state index in [1.165, 1.54) is 16.0 Å². The van der Waals surface area contributed by atoms with Gasteiger partial charge in [-0.1, -0.05) is 42.5 Å². The van der Waals surface area contributed by atoms with Crippen LogP contribution in [0.5, 0.6) is 5.75 Å². The van der Waals surface area contributed by atoms with Gasteiger partial charge in [-0.15, -0.1) is 0 Å². The summed E-state index contributed by atoms with van der Waals surface area (Å²) >= 11 is 0. The molecule has 116 valence electrons. The molecule has 2 aromatic carbocycles. The van der Waals surface area contributed by atoms with Crippen molar-refractivity contribution in [2.75, 3.05) is 19.7 Å². The second kappa shape index (κ2) is 8.08. The van der Waals surface area contributed by atoms with Gasteiger partial charge in [-0.05, 0) is 36.6 Å². The topological polar surface area (TPSA) is 49.8 Å². The molecule has 2 aromatic rings. The fraction of sp³-hybridized carbons (Fsp3) is 0.278. The van der Waals surface area contributed by atoms with Gasteiger partial charge in [0.05, 0.1) is 6.54 Å². The predicted octanol–water partition coefficient (Wildman–Crippen LogP) is 3.66. The molecular weight excluding hydrogens is 278 g/mol. The average molecular weight is 299 g/mol. The van der Waals surface area contributed by atoms with Gasteiger partial charge in [0.1, 0.15) is 12.4 Å². The molecule has 0 fully saturated rings. The Kier molecular flexibility index (Phi) is 5.83. The molecule has 0 saturated carbocycles. The first-order chi connectivity index (χ1) is 10.7. The van der Waals surface area contributed by atoms with Gasteiger partial charge in [-0.3, -0.25) is 0 Å². The summed E-state index contributed by atoms with van der Waals surface area (Å²) in [7, 11) is 0. The maximum Gasteiger partial charge on any atom is 0.407 e. The SMILES string of the molecule is CCN(CCOc1ccc(Cc2ccccc2)cc1)C(=O)O. The molecule has 22 heavy (non-hydrogen) atoms. The van der Waals surface area contributed by atoms with Gasteiger partial charge in [-0.25, -0.2) is 4.79 Å². The highest BCUT2D eigenvalue weighted by Gasteiger charge is 2.08. The van der Waals surface area contributed by atoms with Gasteiger partial charge >= 0.3 is 6.09 Å². The number of ether oxygens (including phenoxy) is 1. The van der Waals surface area contributed by atoms with Gasteiger partial charge in [-0.2, -0.15) is 0 Å². The van der Waals surface area contributed by atoms with Crippen LogP contribution in [-0.4, -0.2) is 35.8 Å². The molecule has 0 saturated heterocycles. The van der Waals surface area contributed by atoms with Crippen LogP contribution in [0.2, 0.25) is 0 Å². The molecule has 0 aromatic heterocycles. The monoisotopic (exact) mass is 299 g/mol. The summed E-state index contributed by atoms with van der Waals surface area (Å²) in [5.41, 5.74) is 2.50. The third-order valence-corrected chi connectivity index (χ3v) is 3.46. The van der Waals surface area contributed by atoms with Crippen LogP contribution in [0.1, 0.15) is 18.1 Å². The molecule has 4 heteroatoms. The van der Waals surface area contributed by atoms with E-state index in [1.807, 2.05) is 49.4 Å². The van der Waals surface area contributed by atoms with Crippen LogP contribution in [0.4, 0.5) is 4.79 Å². The summed E-state index contributed by atoms with van der Waals surface area (Å²) in [6, 6.07) is 18.2. The standard InChI is InChI=1S/C18H21NO3/c1-2-19(18(20)21)12-13-22-17-10-8-16(9-11-17)14-15-6-4-3-5-7-15/h3-11H,2,12-14H2,1H3,(H,20,21). The van der Waals surface area contributed by atoms with Gasteiger partial charge in [0, 0.05) is 6.54 Å². The molecule has 0 aliphatic carbocycles. The lowest BCUT2D eigenvalue weighted by molar-refractivity contribution is 0.138. The first-order valence-corrected chi connectivity index (χ1v) is 7.42. The van der Waals surface area contributed by atoms with Crippen LogP contribution >= 0.6 is 0 Å². The Bertz CT molecular complexity index is 581. The van der Waals surface area contributed by atoms with Crippen molar-refractivity contribution < 1.29 is 14.6 Å². The van der Waals surface area contributed by atoms with Gasteiger partial charge < -0.3 is 14.7 Å². The zero-order valence-corrected chi connectivity index (χ0v) is 12.7. The summed E-state index contributed by atoms with van der Waals surface area (Å²) in [5.74, 6) is 0.762. The first-order valence-electron chi connectivity index (χ1n) is 7.42. The number of likely N-dealkylation sites (N-methyl/N-ethyl adjacent to an activating group) is 1. The van der Waals surface area contributed by atoms with Crippen molar-refractivity contribution in [3.63, 3.8) is 0 Å². The number of carbonyl (C=O) groups is 1. The molecule has 0 aliphatic rings. The van der Waals surface area contributed by atoms with Crippen molar-refractivity contribution >= 4 is 6.09 Å². The summed E-state index contributed by atoms with van der Waals surface area (Å²) in [4.78, 5) is 12.2. The molecule has 0 unspecified atom stereocenters. The van der Waals surface area contributed by atoms with Crippen molar-refractivity contribution in [2.45, 2.75) is 13.3 Å². The summed E-state index contributed by atoms with van der Waals surface area (Å²) in [5, 5.41) is 8.92. The Morgan fingerprint density at radius 1 is 1.05 bits per heavy atom. The molecule has 0 aliphatic heterocycles. The normalized spacial score (nSPS) is 10.2. The summed E-state index contributed by atoms with van der Waals surface area (Å²) in [6.07, 6.45) is -0.0201. The van der Waals surface area contributed by atoms with E-state index in [1.54, 1.807) is 0 Å². The second-order valence-corrected chi connectivity index (χ2v) is 5.02. The number of amides is 1. The third-order valence-electron chi connectivity index (χ3n) is 3.46. The Labute approximate surface area is 131 Å². The summed E-state index contributed by atoms with van der Waals surface area (Å²) in [6.45, 7) is 3.01. The molecular formula is C18H21NO3. The lowest BCUT2D eigenvalue weighted by Gasteiger charge is -2.17. The third kappa shape index (κ3) is 4.81. The van der Waals surface area contributed by atoms with E-state index in [0.717, 1.165) is 12.2 Å². The molecule has 4 nitrogen and oxygen atoms in total. The molecule has 0 spiro atoms. The van der Waals surface area contributed by atoms with Gasteiger partial charge in [0.2, 0.25) is 0 Å². The number of carboxylic acid groups (broad SMARTS) is 1. The predicted molar refractivity (Wildman–Crippen MR) is 86.5 cm³/mol. The largest absolute Gasteiger partial charge is 0.492 e. The van der Waals surface area contributed by atoms with E-state index in [-0.39, 0.29) is 0 Å². The number of nitrogens with zero attached hydrogens (tertiary/aromatic N) is 1. The number of rotatable bonds is 7. The Balaban J connectivity index is 1.83. The van der Waals surface area contributed by atoms with E-state index in [0.29, 0.717) is 19.7 Å². The summed E-state index contributed by atoms with van der Waals surface area (Å²) < 4.78 is 5.59. The molecule has 0 atom stereocenters. The highest BCUT2D eigenvalue weighted by Crippen LogP contribution is 2.15. The molecule has 0 heterocycles. The highest BCUT2D eigenvalue weighted by molar-refractivity contribution is 5.64. The van der Waals surface area contributed by atoms with Crippen LogP contribution in [-0.2, 0) is 6.42 Å². The van der Waals surface area contributed by atoms with Crippen molar-refractivity contribution in [1.29, 1.82) is 0 Å². The van der Waals surface area contributed by atoms with Crippen molar-refractivity contribution in [2.24, 2.45) is 0 Å². The van der Waals surface area contributed by atoms with Crippen molar-refractivity contribution in [3.05, 3.63) is 65.7 Å². The average Bonchev–Trinajstić information content (AvgIpc) is 2.54. The van der Waals surface area contributed by atoms with E-state index >= 15 is 0 Å². The number of hydrogen-bond donors (Lipinski definition) is 1. The van der Waals surface area contributed by atoms with E-state index in [4.69, 9.17) is 9.84 Å². The number of benzene rings is 2. The Morgan fingerprint density at radius 3 is 2.27 bits per heavy atom. The maximum atomic E-state index is 10.9. The van der Waals surface area contributed by atoms with Crippen molar-refractivity contribution in [1.82, 2.24) is 4.90 Å². The van der Waals surface area contributed by atoms with E-state index in [2.05, 4.69) is 12.1 Å². The lowest BCUT2D eigenvalue weighted by Crippen LogP contribution is -2.33. The molecule has 1 N–H and O–H groups in total. The van der Waals surface area contributed by atoms with E-state index < -0.39 is 6.09 Å². The smallest absolute Gasteiger partial charge is 0.407 e. The molecule has 2 rings (SSSR count). The first kappa shape index (κ1) is 15.9. The minimum absolute atomic E-state index is 0.359. The van der Waals surface area contributed by atoms with Gasteiger partial charge in [0.25, 0.3) is 0 Å². The maximum absolute atomic E-state index is 10.9. The van der Waals surface area contributed by atoms with Crippen LogP contribution in [0.3, 0.4) is 0 Å². The Morgan fingerprint density at radius 2 is 1.68 bits per heavy atom. The van der Waals surface area contributed by atoms with Crippen LogP contribution in [0.25, 0.3) is 0 Å². The molecule has 1 amide bonds. The van der Waals surface area contributed by atoms with Crippen molar-refractivity contribution in [3.8, 4) is 5.75 Å². The minimum atomic E-state index is -0.913. The Hall–Kier alpha value is -2.49. The number of hydrogen-bond acceptors (Lipinski definition) is 2. The highest BCUT2D eigenvalue weighted by atomic mass is 16.5. The molecule has 0 radical (unpaired) electrons. The quantitative estimate of drug-likeness (QED) is 0.849. The zero-order chi connectivity index (χ0) is 15.8. The minimum Gasteiger partial charge on any atom is -0.492 e. The lowest BCUT2D eigenvalue weighted by atomic mass is 10.1. The van der Waals surface area contributed by atoms with E-state index in [9.17, 15) is 4.79 Å². The fourth-order valence-electron chi connectivity index (χ4n) is 2.20. The fourth-order valence-corrected chi connectivity index (χ4v) is 2.20. The zero-order valence-electron chi connectivity index (χ0n) is 12.7. The van der Waals surface area contributed by atoms with Gasteiger partial charge in [0.15, 0.2) is 0 Å². The van der Waals surface area contributed by atoms with Crippen LogP contribution in [0.15, 0.2) is 54.6 Å². The van der Waals surface area contributed by atoms with Crippen LogP contribution < -0.4 is 4.74 Å². The molecule has 0 bridgehead atoms. The van der Waals surface area contributed by atoms with Crippen LogP contribution in [0, 0.1) is 0 Å².